The standard InChI is InChI=1S/C16H17N3OS/c20-15(18-9-12-5-2-1-3-6-12)14-11-21-16(19-14)13-7-4-8-17-10-13/h1-8,10,14,16,19H,9,11H2,(H,18,20). The Bertz CT molecular complexity index is 591. The number of pyridine rings is 1. The topological polar surface area (TPSA) is 54.0 Å². The maximum absolute atomic E-state index is 12.2. The summed E-state index contributed by atoms with van der Waals surface area (Å²) in [6, 6.07) is 13.7. The molecule has 0 radical (unpaired) electrons. The third-order valence-corrected chi connectivity index (χ3v) is 4.66. The number of thioether (sulfide) groups is 1. The molecule has 21 heavy (non-hydrogen) atoms. The Kier molecular flexibility index (Phi) is 4.52. The summed E-state index contributed by atoms with van der Waals surface area (Å²) >= 11 is 1.74. The van der Waals surface area contributed by atoms with Crippen molar-refractivity contribution in [3.63, 3.8) is 0 Å². The number of nitrogens with one attached hydrogen (secondary N) is 2. The molecule has 1 aromatic heterocycles. The molecule has 2 unspecified atom stereocenters. The molecule has 1 fully saturated rings. The number of benzene rings is 1. The lowest BCUT2D eigenvalue weighted by atomic mass is 10.2. The van der Waals surface area contributed by atoms with E-state index in [0.29, 0.717) is 6.54 Å². The van der Waals surface area contributed by atoms with Crippen molar-refractivity contribution in [2.75, 3.05) is 5.75 Å². The number of carbonyl (C=O) groups is 1. The van der Waals surface area contributed by atoms with Crippen LogP contribution in [0.15, 0.2) is 54.9 Å². The maximum Gasteiger partial charge on any atom is 0.238 e. The van der Waals surface area contributed by atoms with Gasteiger partial charge < -0.3 is 5.32 Å². The second-order valence-corrected chi connectivity index (χ2v) is 6.06. The fraction of sp³-hybridized carbons (Fsp3) is 0.250. The van der Waals surface area contributed by atoms with Crippen molar-refractivity contribution in [1.82, 2.24) is 15.6 Å². The van der Waals surface area contributed by atoms with Crippen molar-refractivity contribution in [3.05, 3.63) is 66.0 Å². The summed E-state index contributed by atoms with van der Waals surface area (Å²) in [6.45, 7) is 0.570. The van der Waals surface area contributed by atoms with Crippen LogP contribution in [0.3, 0.4) is 0 Å². The average molecular weight is 299 g/mol. The van der Waals surface area contributed by atoms with Gasteiger partial charge in [-0.05, 0) is 17.2 Å². The van der Waals surface area contributed by atoms with Crippen molar-refractivity contribution < 1.29 is 4.79 Å². The highest BCUT2D eigenvalue weighted by molar-refractivity contribution is 7.99. The van der Waals surface area contributed by atoms with Crippen LogP contribution in [-0.2, 0) is 11.3 Å². The molecule has 1 aliphatic heterocycles. The van der Waals surface area contributed by atoms with E-state index in [9.17, 15) is 4.79 Å². The van der Waals surface area contributed by atoms with E-state index >= 15 is 0 Å². The molecule has 0 spiro atoms. The zero-order valence-corrected chi connectivity index (χ0v) is 12.3. The van der Waals surface area contributed by atoms with E-state index in [2.05, 4.69) is 15.6 Å². The third kappa shape index (κ3) is 3.62. The number of aromatic nitrogens is 1. The van der Waals surface area contributed by atoms with Crippen LogP contribution in [0.25, 0.3) is 0 Å². The van der Waals surface area contributed by atoms with E-state index in [4.69, 9.17) is 0 Å². The Labute approximate surface area is 128 Å². The summed E-state index contributed by atoms with van der Waals surface area (Å²) in [6.07, 6.45) is 3.60. The molecule has 2 atom stereocenters. The minimum atomic E-state index is -0.149. The monoisotopic (exact) mass is 299 g/mol. The summed E-state index contributed by atoms with van der Waals surface area (Å²) in [7, 11) is 0. The Morgan fingerprint density at radius 1 is 1.29 bits per heavy atom. The van der Waals surface area contributed by atoms with E-state index in [1.54, 1.807) is 18.0 Å². The van der Waals surface area contributed by atoms with E-state index in [1.165, 1.54) is 0 Å². The minimum Gasteiger partial charge on any atom is -0.351 e. The van der Waals surface area contributed by atoms with Crippen LogP contribution >= 0.6 is 11.8 Å². The molecule has 2 aromatic rings. The van der Waals surface area contributed by atoms with Gasteiger partial charge in [0.05, 0.1) is 11.4 Å². The molecule has 1 aromatic carbocycles. The first-order valence-corrected chi connectivity index (χ1v) is 7.97. The summed E-state index contributed by atoms with van der Waals surface area (Å²) in [5.74, 6) is 0.831. The smallest absolute Gasteiger partial charge is 0.238 e. The van der Waals surface area contributed by atoms with Gasteiger partial charge in [-0.15, -0.1) is 11.8 Å². The first kappa shape index (κ1) is 14.1. The molecule has 1 saturated heterocycles. The number of hydrogen-bond acceptors (Lipinski definition) is 4. The molecule has 1 amide bonds. The Hall–Kier alpha value is -1.85. The van der Waals surface area contributed by atoms with Gasteiger partial charge in [0.25, 0.3) is 0 Å². The normalized spacial score (nSPS) is 21.1. The lowest BCUT2D eigenvalue weighted by Crippen LogP contribution is -2.42. The molecule has 5 heteroatoms. The minimum absolute atomic E-state index is 0.0535. The van der Waals surface area contributed by atoms with Gasteiger partial charge in [0.1, 0.15) is 0 Å². The van der Waals surface area contributed by atoms with E-state index in [0.717, 1.165) is 16.9 Å². The first-order chi connectivity index (χ1) is 10.3. The van der Waals surface area contributed by atoms with Crippen molar-refractivity contribution in [1.29, 1.82) is 0 Å². The Morgan fingerprint density at radius 3 is 2.90 bits per heavy atom. The van der Waals surface area contributed by atoms with Crippen LogP contribution in [0.2, 0.25) is 0 Å². The summed E-state index contributed by atoms with van der Waals surface area (Å²) in [4.78, 5) is 16.3. The van der Waals surface area contributed by atoms with Crippen LogP contribution < -0.4 is 10.6 Å². The van der Waals surface area contributed by atoms with Crippen molar-refractivity contribution >= 4 is 17.7 Å². The van der Waals surface area contributed by atoms with Crippen LogP contribution in [0.4, 0.5) is 0 Å². The SMILES string of the molecule is O=C(NCc1ccccc1)C1CSC(c2cccnc2)N1. The lowest BCUT2D eigenvalue weighted by molar-refractivity contribution is -0.122. The molecule has 0 bridgehead atoms. The molecule has 2 N–H and O–H groups in total. The second kappa shape index (κ2) is 6.74. The highest BCUT2D eigenvalue weighted by Crippen LogP contribution is 2.32. The van der Waals surface area contributed by atoms with Gasteiger partial charge in [0.15, 0.2) is 0 Å². The second-order valence-electron chi connectivity index (χ2n) is 4.92. The summed E-state index contributed by atoms with van der Waals surface area (Å²) < 4.78 is 0. The van der Waals surface area contributed by atoms with Crippen LogP contribution in [0, 0.1) is 0 Å². The highest BCUT2D eigenvalue weighted by atomic mass is 32.2. The van der Waals surface area contributed by atoms with E-state index in [-0.39, 0.29) is 17.3 Å². The first-order valence-electron chi connectivity index (χ1n) is 6.92. The zero-order valence-electron chi connectivity index (χ0n) is 11.5. The molecular formula is C16H17N3OS. The highest BCUT2D eigenvalue weighted by Gasteiger charge is 2.30. The fourth-order valence-corrected chi connectivity index (χ4v) is 3.48. The largest absolute Gasteiger partial charge is 0.351 e. The van der Waals surface area contributed by atoms with Gasteiger partial charge in [-0.1, -0.05) is 36.4 Å². The quantitative estimate of drug-likeness (QED) is 0.908. The maximum atomic E-state index is 12.2. The van der Waals surface area contributed by atoms with Gasteiger partial charge >= 0.3 is 0 Å². The van der Waals surface area contributed by atoms with E-state index in [1.807, 2.05) is 48.7 Å². The molecule has 4 nitrogen and oxygen atoms in total. The van der Waals surface area contributed by atoms with Crippen molar-refractivity contribution in [3.8, 4) is 0 Å². The zero-order chi connectivity index (χ0) is 14.5. The predicted molar refractivity (Wildman–Crippen MR) is 84.6 cm³/mol. The van der Waals surface area contributed by atoms with Crippen LogP contribution in [-0.4, -0.2) is 22.7 Å². The van der Waals surface area contributed by atoms with Crippen molar-refractivity contribution in [2.45, 2.75) is 18.0 Å². The lowest BCUT2D eigenvalue weighted by Gasteiger charge is -2.13. The molecular weight excluding hydrogens is 282 g/mol. The number of carbonyl (C=O) groups excluding carboxylic acids is 1. The molecule has 3 rings (SSSR count). The molecule has 0 aliphatic carbocycles. The fourth-order valence-electron chi connectivity index (χ4n) is 2.25. The van der Waals surface area contributed by atoms with Gasteiger partial charge in [0, 0.05) is 24.7 Å². The Morgan fingerprint density at radius 2 is 2.14 bits per heavy atom. The van der Waals surface area contributed by atoms with E-state index < -0.39 is 0 Å². The summed E-state index contributed by atoms with van der Waals surface area (Å²) in [5.41, 5.74) is 2.22. The van der Waals surface area contributed by atoms with Gasteiger partial charge in [-0.25, -0.2) is 0 Å². The predicted octanol–water partition coefficient (Wildman–Crippen LogP) is 2.10. The summed E-state index contributed by atoms with van der Waals surface area (Å²) in [5, 5.41) is 6.48. The van der Waals surface area contributed by atoms with Crippen LogP contribution in [0.1, 0.15) is 16.5 Å². The van der Waals surface area contributed by atoms with Gasteiger partial charge in [0.2, 0.25) is 5.91 Å². The van der Waals surface area contributed by atoms with Crippen molar-refractivity contribution in [2.24, 2.45) is 0 Å². The average Bonchev–Trinajstić information content (AvgIpc) is 3.04. The number of amides is 1. The number of hydrogen-bond donors (Lipinski definition) is 2. The molecule has 108 valence electrons. The van der Waals surface area contributed by atoms with Gasteiger partial charge in [-0.3, -0.25) is 15.1 Å². The van der Waals surface area contributed by atoms with Crippen LogP contribution in [0.5, 0.6) is 0 Å². The molecule has 0 saturated carbocycles. The number of rotatable bonds is 4. The number of nitrogens with zero attached hydrogens (tertiary/aromatic N) is 1. The van der Waals surface area contributed by atoms with Gasteiger partial charge in [-0.2, -0.15) is 0 Å². The third-order valence-electron chi connectivity index (χ3n) is 3.40. The molecule has 1 aliphatic rings. The molecule has 2 heterocycles. The Balaban J connectivity index is 1.53.